The van der Waals surface area contributed by atoms with E-state index in [1.54, 1.807) is 24.6 Å². The fraction of sp³-hybridized carbons (Fsp3) is 0.333. The summed E-state index contributed by atoms with van der Waals surface area (Å²) in [4.78, 5) is 29.5. The summed E-state index contributed by atoms with van der Waals surface area (Å²) in [5.41, 5.74) is 5.39. The molecule has 9 heteroatoms. The van der Waals surface area contributed by atoms with Crippen molar-refractivity contribution in [3.05, 3.63) is 40.4 Å². The van der Waals surface area contributed by atoms with Crippen LogP contribution in [0.5, 0.6) is 0 Å². The molecule has 1 heterocycles. The largest absolute Gasteiger partial charge is 0.466 e. The molecule has 0 fully saturated rings. The normalized spacial score (nSPS) is 10.7. The van der Waals surface area contributed by atoms with Gasteiger partial charge in [-0.3, -0.25) is 10.2 Å². The van der Waals surface area contributed by atoms with Crippen molar-refractivity contribution >= 4 is 40.3 Å². The third kappa shape index (κ3) is 5.78. The number of methoxy groups -OCH3 is 1. The lowest BCUT2D eigenvalue weighted by atomic mass is 10.1. The molecule has 1 N–H and O–H groups in total. The molecule has 0 amide bonds. The van der Waals surface area contributed by atoms with Crippen LogP contribution in [-0.4, -0.2) is 50.9 Å². The quantitative estimate of drug-likeness (QED) is 0.421. The predicted molar refractivity (Wildman–Crippen MR) is 106 cm³/mol. The minimum absolute atomic E-state index is 0.129. The summed E-state index contributed by atoms with van der Waals surface area (Å²) >= 11 is 1.34. The van der Waals surface area contributed by atoms with E-state index in [1.165, 1.54) is 18.4 Å². The molecule has 0 atom stereocenters. The highest BCUT2D eigenvalue weighted by atomic mass is 32.1. The van der Waals surface area contributed by atoms with Crippen molar-refractivity contribution in [2.24, 2.45) is 5.10 Å². The minimum atomic E-state index is -0.412. The number of hydrogen-bond donors (Lipinski definition) is 1. The highest BCUT2D eigenvalue weighted by Crippen LogP contribution is 2.21. The van der Waals surface area contributed by atoms with Gasteiger partial charge >= 0.3 is 11.9 Å². The molecule has 27 heavy (non-hydrogen) atoms. The first kappa shape index (κ1) is 20.4. The number of nitrogens with one attached hydrogen (secondary N) is 1. The van der Waals surface area contributed by atoms with Crippen molar-refractivity contribution in [2.75, 3.05) is 38.1 Å². The molecular weight excluding hydrogens is 368 g/mol. The van der Waals surface area contributed by atoms with Gasteiger partial charge in [0.25, 0.3) is 0 Å². The zero-order valence-electron chi connectivity index (χ0n) is 15.7. The monoisotopic (exact) mass is 390 g/mol. The predicted octanol–water partition coefficient (Wildman–Crippen LogP) is 2.55. The number of hydrogen-bond acceptors (Lipinski definition) is 9. The number of rotatable bonds is 8. The summed E-state index contributed by atoms with van der Waals surface area (Å²) < 4.78 is 9.73. The smallest absolute Gasteiger partial charge is 0.339 e. The molecule has 1 aromatic carbocycles. The number of thiazole rings is 1. The zero-order chi connectivity index (χ0) is 19.8. The van der Waals surface area contributed by atoms with E-state index in [0.29, 0.717) is 23.0 Å². The molecule has 0 bridgehead atoms. The van der Waals surface area contributed by atoms with Gasteiger partial charge < -0.3 is 14.4 Å². The number of aromatic nitrogens is 1. The first-order chi connectivity index (χ1) is 12.9. The maximum atomic E-state index is 12.0. The van der Waals surface area contributed by atoms with Gasteiger partial charge in [-0.1, -0.05) is 6.07 Å². The van der Waals surface area contributed by atoms with Gasteiger partial charge in [-0.15, -0.1) is 11.3 Å². The lowest BCUT2D eigenvalue weighted by Crippen LogP contribution is -2.15. The fourth-order valence-corrected chi connectivity index (χ4v) is 2.92. The topological polar surface area (TPSA) is 93.1 Å². The summed E-state index contributed by atoms with van der Waals surface area (Å²) in [7, 11) is 5.06. The molecule has 0 saturated heterocycles. The Balaban J connectivity index is 2.05. The SMILES string of the molecule is CCOC(=O)Cc1csc(NN=Cc2ccc(N(C)C)c(C(=O)OC)c2)n1. The van der Waals surface area contributed by atoms with E-state index in [9.17, 15) is 9.59 Å². The molecule has 8 nitrogen and oxygen atoms in total. The average Bonchev–Trinajstić information content (AvgIpc) is 3.08. The number of hydrazone groups is 1. The lowest BCUT2D eigenvalue weighted by molar-refractivity contribution is -0.142. The Kier molecular flexibility index (Phi) is 7.30. The number of carbonyl (C=O) groups is 2. The van der Waals surface area contributed by atoms with Crippen LogP contribution >= 0.6 is 11.3 Å². The van der Waals surface area contributed by atoms with Gasteiger partial charge in [0.2, 0.25) is 5.13 Å². The highest BCUT2D eigenvalue weighted by Gasteiger charge is 2.14. The van der Waals surface area contributed by atoms with E-state index in [4.69, 9.17) is 9.47 Å². The first-order valence-electron chi connectivity index (χ1n) is 8.23. The van der Waals surface area contributed by atoms with Crippen LogP contribution in [0, 0.1) is 0 Å². The van der Waals surface area contributed by atoms with E-state index in [-0.39, 0.29) is 12.4 Å². The number of anilines is 2. The van der Waals surface area contributed by atoms with Gasteiger partial charge in [-0.05, 0) is 24.6 Å². The molecule has 0 saturated carbocycles. The Labute approximate surface area is 161 Å². The Morgan fingerprint density at radius 3 is 2.81 bits per heavy atom. The maximum absolute atomic E-state index is 12.0. The van der Waals surface area contributed by atoms with Gasteiger partial charge in [0.1, 0.15) is 0 Å². The number of ether oxygens (including phenoxy) is 2. The van der Waals surface area contributed by atoms with Crippen LogP contribution in [-0.2, 0) is 20.7 Å². The Bertz CT molecular complexity index is 833. The van der Waals surface area contributed by atoms with Crippen LogP contribution < -0.4 is 10.3 Å². The molecule has 0 aliphatic carbocycles. The molecule has 144 valence electrons. The average molecular weight is 390 g/mol. The van der Waals surface area contributed by atoms with Gasteiger partial charge in [0.05, 0.1) is 43.3 Å². The van der Waals surface area contributed by atoms with Crippen LogP contribution in [0.25, 0.3) is 0 Å². The third-order valence-electron chi connectivity index (χ3n) is 3.46. The van der Waals surface area contributed by atoms with Crippen molar-refractivity contribution in [3.8, 4) is 0 Å². The summed E-state index contributed by atoms with van der Waals surface area (Å²) in [5, 5.41) is 6.47. The van der Waals surface area contributed by atoms with Crippen LogP contribution in [0.15, 0.2) is 28.7 Å². The van der Waals surface area contributed by atoms with Gasteiger partial charge in [0.15, 0.2) is 0 Å². The van der Waals surface area contributed by atoms with Crippen LogP contribution in [0.1, 0.15) is 28.5 Å². The molecule has 0 unspecified atom stereocenters. The number of benzene rings is 1. The van der Waals surface area contributed by atoms with Crippen molar-refractivity contribution in [1.29, 1.82) is 0 Å². The molecule has 2 aromatic rings. The van der Waals surface area contributed by atoms with Crippen molar-refractivity contribution in [1.82, 2.24) is 4.98 Å². The fourth-order valence-electron chi connectivity index (χ4n) is 2.26. The zero-order valence-corrected chi connectivity index (χ0v) is 16.5. The minimum Gasteiger partial charge on any atom is -0.466 e. The Hall–Kier alpha value is -2.94. The second-order valence-electron chi connectivity index (χ2n) is 5.66. The third-order valence-corrected chi connectivity index (χ3v) is 4.26. The molecule has 0 aliphatic heterocycles. The molecule has 2 rings (SSSR count). The molecular formula is C18H22N4O4S. The second kappa shape index (κ2) is 9.67. The van der Waals surface area contributed by atoms with Gasteiger partial charge in [-0.25, -0.2) is 9.78 Å². The summed E-state index contributed by atoms with van der Waals surface area (Å²) in [5.74, 6) is -0.723. The van der Waals surface area contributed by atoms with E-state index in [1.807, 2.05) is 31.1 Å². The summed E-state index contributed by atoms with van der Waals surface area (Å²) in [6, 6.07) is 5.38. The summed E-state index contributed by atoms with van der Waals surface area (Å²) in [6.07, 6.45) is 1.71. The number of carbonyl (C=O) groups excluding carboxylic acids is 2. The Morgan fingerprint density at radius 1 is 1.37 bits per heavy atom. The van der Waals surface area contributed by atoms with Crippen LogP contribution in [0.2, 0.25) is 0 Å². The van der Waals surface area contributed by atoms with E-state index >= 15 is 0 Å². The van der Waals surface area contributed by atoms with E-state index in [0.717, 1.165) is 11.3 Å². The van der Waals surface area contributed by atoms with Gasteiger partial charge in [-0.2, -0.15) is 5.10 Å². The molecule has 0 radical (unpaired) electrons. The second-order valence-corrected chi connectivity index (χ2v) is 6.52. The van der Waals surface area contributed by atoms with Crippen LogP contribution in [0.4, 0.5) is 10.8 Å². The van der Waals surface area contributed by atoms with E-state index < -0.39 is 5.97 Å². The van der Waals surface area contributed by atoms with Crippen molar-refractivity contribution in [3.63, 3.8) is 0 Å². The van der Waals surface area contributed by atoms with Crippen molar-refractivity contribution in [2.45, 2.75) is 13.3 Å². The van der Waals surface area contributed by atoms with Crippen molar-refractivity contribution < 1.29 is 19.1 Å². The maximum Gasteiger partial charge on any atom is 0.339 e. The van der Waals surface area contributed by atoms with Gasteiger partial charge in [0, 0.05) is 19.5 Å². The summed E-state index contributed by atoms with van der Waals surface area (Å²) in [6.45, 7) is 2.11. The lowest BCUT2D eigenvalue weighted by Gasteiger charge is -2.16. The highest BCUT2D eigenvalue weighted by molar-refractivity contribution is 7.13. The molecule has 1 aromatic heterocycles. The number of esters is 2. The molecule has 0 spiro atoms. The molecule has 0 aliphatic rings. The Morgan fingerprint density at radius 2 is 2.15 bits per heavy atom. The number of nitrogens with zero attached hydrogens (tertiary/aromatic N) is 3. The standard InChI is InChI=1S/C18H22N4O4S/c1-5-26-16(23)9-13-11-27-18(20-13)21-19-10-12-6-7-15(22(2)3)14(8-12)17(24)25-4/h6-8,10-11H,5,9H2,1-4H3,(H,20,21). The van der Waals surface area contributed by atoms with Crippen LogP contribution in [0.3, 0.4) is 0 Å². The van der Waals surface area contributed by atoms with E-state index in [2.05, 4.69) is 15.5 Å². The first-order valence-corrected chi connectivity index (χ1v) is 9.11.